The molecule has 1 atom stereocenters. The van der Waals surface area contributed by atoms with Crippen molar-refractivity contribution in [1.29, 1.82) is 0 Å². The number of aliphatic hydroxyl groups excluding tert-OH is 1. The lowest BCUT2D eigenvalue weighted by molar-refractivity contribution is 0.236. The van der Waals surface area contributed by atoms with Gasteiger partial charge in [0.15, 0.2) is 0 Å². The first-order chi connectivity index (χ1) is 6.83. The van der Waals surface area contributed by atoms with E-state index >= 15 is 0 Å². The highest BCUT2D eigenvalue weighted by atomic mass is 32.2. The molecule has 0 bridgehead atoms. The van der Waals surface area contributed by atoms with Crippen molar-refractivity contribution in [2.45, 2.75) is 23.9 Å². The normalized spacial score (nSPS) is 20.6. The lowest BCUT2D eigenvalue weighted by atomic mass is 9.96. The van der Waals surface area contributed by atoms with E-state index in [9.17, 15) is 0 Å². The average Bonchev–Trinajstić information content (AvgIpc) is 2.27. The van der Waals surface area contributed by atoms with Crippen LogP contribution in [0.1, 0.15) is 11.1 Å². The Morgan fingerprint density at radius 1 is 1.50 bits per heavy atom. The van der Waals surface area contributed by atoms with Crippen molar-refractivity contribution in [2.75, 3.05) is 12.9 Å². The molecule has 2 nitrogen and oxygen atoms in total. The van der Waals surface area contributed by atoms with Crippen LogP contribution < -0.4 is 5.32 Å². The zero-order chi connectivity index (χ0) is 9.97. The van der Waals surface area contributed by atoms with Crippen LogP contribution in [0, 0.1) is 0 Å². The second kappa shape index (κ2) is 4.34. The summed E-state index contributed by atoms with van der Waals surface area (Å²) in [5, 5.41) is 12.4. The molecular formula is C11H15NOS. The van der Waals surface area contributed by atoms with Crippen molar-refractivity contribution < 1.29 is 5.11 Å². The van der Waals surface area contributed by atoms with Crippen molar-refractivity contribution >= 4 is 11.8 Å². The Bertz CT molecular complexity index is 327. The minimum atomic E-state index is 0.225. The Labute approximate surface area is 88.7 Å². The molecule has 2 rings (SSSR count). The summed E-state index contributed by atoms with van der Waals surface area (Å²) in [5.41, 5.74) is 2.75. The topological polar surface area (TPSA) is 32.3 Å². The fraction of sp³-hybridized carbons (Fsp3) is 0.455. The van der Waals surface area contributed by atoms with E-state index in [4.69, 9.17) is 5.11 Å². The first kappa shape index (κ1) is 10.0. The predicted molar refractivity (Wildman–Crippen MR) is 59.6 cm³/mol. The van der Waals surface area contributed by atoms with Crippen molar-refractivity contribution in [3.8, 4) is 0 Å². The molecule has 2 N–H and O–H groups in total. The Kier molecular flexibility index (Phi) is 3.11. The fourth-order valence-corrected chi connectivity index (χ4v) is 2.28. The van der Waals surface area contributed by atoms with E-state index in [1.807, 2.05) is 0 Å². The van der Waals surface area contributed by atoms with E-state index in [0.717, 1.165) is 13.0 Å². The van der Waals surface area contributed by atoms with Crippen LogP contribution >= 0.6 is 11.8 Å². The summed E-state index contributed by atoms with van der Waals surface area (Å²) in [4.78, 5) is 1.31. The molecule has 0 amide bonds. The summed E-state index contributed by atoms with van der Waals surface area (Å²) in [6, 6.07) is 6.81. The van der Waals surface area contributed by atoms with Gasteiger partial charge in [-0.3, -0.25) is 0 Å². The molecule has 1 heterocycles. The highest BCUT2D eigenvalue weighted by molar-refractivity contribution is 7.98. The first-order valence-electron chi connectivity index (χ1n) is 4.83. The van der Waals surface area contributed by atoms with Gasteiger partial charge in [0, 0.05) is 17.5 Å². The summed E-state index contributed by atoms with van der Waals surface area (Å²) >= 11 is 1.77. The van der Waals surface area contributed by atoms with Gasteiger partial charge in [-0.15, -0.1) is 11.8 Å². The second-order valence-corrected chi connectivity index (χ2v) is 4.48. The van der Waals surface area contributed by atoms with Gasteiger partial charge in [0.2, 0.25) is 0 Å². The molecule has 0 aromatic heterocycles. The summed E-state index contributed by atoms with van der Waals surface area (Å²) in [7, 11) is 0. The highest BCUT2D eigenvalue weighted by Gasteiger charge is 2.16. The standard InChI is InChI=1S/C11H15NOS/c1-14-11-3-2-8-6-12-10(7-13)4-9(8)5-11/h2-3,5,10,12-13H,4,6-7H2,1H3/t10-/m1/s1. The number of benzene rings is 1. The number of thioether (sulfide) groups is 1. The van der Waals surface area contributed by atoms with Crippen LogP contribution in [0.4, 0.5) is 0 Å². The summed E-state index contributed by atoms with van der Waals surface area (Å²) in [6.45, 7) is 1.11. The van der Waals surface area contributed by atoms with E-state index in [2.05, 4.69) is 29.8 Å². The zero-order valence-corrected chi connectivity index (χ0v) is 9.10. The van der Waals surface area contributed by atoms with Gasteiger partial charge in [0.1, 0.15) is 0 Å². The van der Waals surface area contributed by atoms with E-state index < -0.39 is 0 Å². The first-order valence-corrected chi connectivity index (χ1v) is 6.06. The Hall–Kier alpha value is -0.510. The van der Waals surface area contributed by atoms with Crippen LogP contribution in [0.25, 0.3) is 0 Å². The van der Waals surface area contributed by atoms with E-state index in [-0.39, 0.29) is 12.6 Å². The van der Waals surface area contributed by atoms with Crippen LogP contribution in [0.3, 0.4) is 0 Å². The molecule has 0 aliphatic carbocycles. The molecule has 0 fully saturated rings. The van der Waals surface area contributed by atoms with Crippen LogP contribution in [0.2, 0.25) is 0 Å². The molecule has 0 radical (unpaired) electrons. The number of aliphatic hydroxyl groups is 1. The molecule has 0 spiro atoms. The molecule has 14 heavy (non-hydrogen) atoms. The molecule has 1 aliphatic rings. The third-order valence-corrected chi connectivity index (χ3v) is 3.41. The summed E-state index contributed by atoms with van der Waals surface area (Å²) < 4.78 is 0. The monoisotopic (exact) mass is 209 g/mol. The molecule has 0 saturated carbocycles. The second-order valence-electron chi connectivity index (χ2n) is 3.60. The van der Waals surface area contributed by atoms with E-state index in [0.29, 0.717) is 0 Å². The number of hydrogen-bond donors (Lipinski definition) is 2. The van der Waals surface area contributed by atoms with Crippen LogP contribution in [0.5, 0.6) is 0 Å². The zero-order valence-electron chi connectivity index (χ0n) is 8.29. The van der Waals surface area contributed by atoms with Gasteiger partial charge in [-0.1, -0.05) is 6.07 Å². The van der Waals surface area contributed by atoms with Gasteiger partial charge in [0.05, 0.1) is 6.61 Å². The number of hydrogen-bond acceptors (Lipinski definition) is 3. The molecule has 1 aliphatic heterocycles. The van der Waals surface area contributed by atoms with Crippen LogP contribution in [-0.2, 0) is 13.0 Å². The third-order valence-electron chi connectivity index (χ3n) is 2.68. The number of nitrogens with one attached hydrogen (secondary N) is 1. The third kappa shape index (κ3) is 1.95. The van der Waals surface area contributed by atoms with Gasteiger partial charge in [-0.05, 0) is 35.9 Å². The van der Waals surface area contributed by atoms with Gasteiger partial charge >= 0.3 is 0 Å². The summed E-state index contributed by atoms with van der Waals surface area (Å²) in [5.74, 6) is 0. The van der Waals surface area contributed by atoms with Crippen molar-refractivity contribution in [3.63, 3.8) is 0 Å². The number of rotatable bonds is 2. The minimum Gasteiger partial charge on any atom is -0.395 e. The quantitative estimate of drug-likeness (QED) is 0.722. The van der Waals surface area contributed by atoms with E-state index in [1.54, 1.807) is 11.8 Å². The molecule has 0 unspecified atom stereocenters. The largest absolute Gasteiger partial charge is 0.395 e. The van der Waals surface area contributed by atoms with Gasteiger partial charge in [-0.2, -0.15) is 0 Å². The maximum absolute atomic E-state index is 9.08. The van der Waals surface area contributed by atoms with E-state index in [1.165, 1.54) is 16.0 Å². The molecular weight excluding hydrogens is 194 g/mol. The highest BCUT2D eigenvalue weighted by Crippen LogP contribution is 2.23. The molecule has 3 heteroatoms. The SMILES string of the molecule is CSc1ccc2c(c1)C[C@H](CO)NC2. The molecule has 1 aromatic rings. The van der Waals surface area contributed by atoms with Crippen LogP contribution in [-0.4, -0.2) is 24.0 Å². The van der Waals surface area contributed by atoms with Crippen molar-refractivity contribution in [3.05, 3.63) is 29.3 Å². The maximum atomic E-state index is 9.08. The Morgan fingerprint density at radius 3 is 3.07 bits per heavy atom. The van der Waals surface area contributed by atoms with Gasteiger partial charge < -0.3 is 10.4 Å². The number of fused-ring (bicyclic) bond motifs is 1. The lowest BCUT2D eigenvalue weighted by Gasteiger charge is -2.24. The maximum Gasteiger partial charge on any atom is 0.0587 e. The molecule has 76 valence electrons. The Balaban J connectivity index is 2.25. The van der Waals surface area contributed by atoms with Gasteiger partial charge in [0.25, 0.3) is 0 Å². The fourth-order valence-electron chi connectivity index (χ4n) is 1.81. The van der Waals surface area contributed by atoms with Crippen LogP contribution in [0.15, 0.2) is 23.1 Å². The molecule has 0 saturated heterocycles. The summed E-state index contributed by atoms with van der Waals surface area (Å²) in [6.07, 6.45) is 3.03. The smallest absolute Gasteiger partial charge is 0.0587 e. The average molecular weight is 209 g/mol. The lowest BCUT2D eigenvalue weighted by Crippen LogP contribution is -2.38. The van der Waals surface area contributed by atoms with Gasteiger partial charge in [-0.25, -0.2) is 0 Å². The predicted octanol–water partition coefficient (Wildman–Crippen LogP) is 1.42. The minimum absolute atomic E-state index is 0.225. The van der Waals surface area contributed by atoms with Crippen molar-refractivity contribution in [1.82, 2.24) is 5.32 Å². The molecule has 1 aromatic carbocycles. The van der Waals surface area contributed by atoms with Crippen molar-refractivity contribution in [2.24, 2.45) is 0 Å². The Morgan fingerprint density at radius 2 is 2.36 bits per heavy atom.